The first-order chi connectivity index (χ1) is 16.6. The first-order valence-corrected chi connectivity index (χ1v) is 12.2. The number of fused-ring (bicyclic) bond motifs is 2. The third-order valence-electron chi connectivity index (χ3n) is 6.24. The summed E-state index contributed by atoms with van der Waals surface area (Å²) in [5.41, 5.74) is 7.95. The maximum Gasteiger partial charge on any atom is 0.169 e. The van der Waals surface area contributed by atoms with Crippen molar-refractivity contribution >= 4 is 45.1 Å². The number of hydrogen-bond acceptors (Lipinski definition) is 7. The fraction of sp³-hybridized carbons (Fsp3) is 0.231. The Kier molecular flexibility index (Phi) is 5.12. The van der Waals surface area contributed by atoms with Crippen molar-refractivity contribution in [1.82, 2.24) is 20.3 Å². The molecule has 0 aromatic carbocycles. The van der Waals surface area contributed by atoms with Crippen LogP contribution in [0.4, 0.5) is 5.69 Å². The van der Waals surface area contributed by atoms with E-state index in [0.717, 1.165) is 74.2 Å². The lowest BCUT2D eigenvalue weighted by atomic mass is 9.98. The molecule has 34 heavy (non-hydrogen) atoms. The van der Waals surface area contributed by atoms with Gasteiger partial charge in [-0.1, -0.05) is 6.08 Å². The molecule has 3 N–H and O–H groups in total. The molecule has 0 amide bonds. The van der Waals surface area contributed by atoms with Crippen molar-refractivity contribution in [3.63, 3.8) is 0 Å². The van der Waals surface area contributed by atoms with Gasteiger partial charge in [-0.05, 0) is 62.7 Å². The van der Waals surface area contributed by atoms with Gasteiger partial charge in [-0.3, -0.25) is 14.8 Å². The summed E-state index contributed by atoms with van der Waals surface area (Å²) in [6.07, 6.45) is 6.83. The third kappa shape index (κ3) is 3.65. The van der Waals surface area contributed by atoms with E-state index in [1.54, 1.807) is 13.1 Å². The lowest BCUT2D eigenvalue weighted by Crippen LogP contribution is -2.25. The number of hydrogen-bond donors (Lipinski definition) is 3. The van der Waals surface area contributed by atoms with Gasteiger partial charge in [0.2, 0.25) is 0 Å². The summed E-state index contributed by atoms with van der Waals surface area (Å²) in [6.45, 7) is 5.47. The number of rotatable bonds is 4. The van der Waals surface area contributed by atoms with E-state index in [1.165, 1.54) is 16.9 Å². The summed E-state index contributed by atoms with van der Waals surface area (Å²) >= 11 is 1.51. The lowest BCUT2D eigenvalue weighted by Gasteiger charge is -2.24. The number of aromatic nitrogens is 3. The number of aliphatic imine (C=N–C) groups is 1. The van der Waals surface area contributed by atoms with Gasteiger partial charge in [-0.25, -0.2) is 4.98 Å². The van der Waals surface area contributed by atoms with Crippen molar-refractivity contribution in [1.29, 1.82) is 0 Å². The van der Waals surface area contributed by atoms with Gasteiger partial charge >= 0.3 is 0 Å². The number of thiophene rings is 1. The van der Waals surface area contributed by atoms with Gasteiger partial charge in [-0.2, -0.15) is 0 Å². The lowest BCUT2D eigenvalue weighted by molar-refractivity contribution is 0.102. The number of carbonyl (C=O) groups excluding carboxylic acids is 1. The average Bonchev–Trinajstić information content (AvgIpc) is 3.51. The van der Waals surface area contributed by atoms with E-state index in [1.807, 2.05) is 31.3 Å². The monoisotopic (exact) mass is 468 g/mol. The summed E-state index contributed by atoms with van der Waals surface area (Å²) in [6, 6.07) is 10.2. The molecule has 4 aromatic heterocycles. The van der Waals surface area contributed by atoms with Gasteiger partial charge < -0.3 is 15.6 Å². The summed E-state index contributed by atoms with van der Waals surface area (Å²) in [7, 11) is 0. The van der Waals surface area contributed by atoms with Crippen molar-refractivity contribution in [2.45, 2.75) is 26.4 Å². The third-order valence-corrected chi connectivity index (χ3v) is 7.46. The van der Waals surface area contributed by atoms with Crippen molar-refractivity contribution in [3.8, 4) is 10.4 Å². The number of nitrogens with zero attached hydrogens (tertiary/aromatic N) is 3. The Morgan fingerprint density at radius 3 is 2.85 bits per heavy atom. The van der Waals surface area contributed by atoms with Crippen LogP contribution < -0.4 is 10.6 Å². The highest BCUT2D eigenvalue weighted by atomic mass is 32.1. The summed E-state index contributed by atoms with van der Waals surface area (Å²) in [5, 5.41) is 7.81. The predicted molar refractivity (Wildman–Crippen MR) is 138 cm³/mol. The molecule has 8 heteroatoms. The Hall–Kier alpha value is -3.62. The molecule has 1 atom stereocenters. The topological polar surface area (TPSA) is 95.1 Å². The highest BCUT2D eigenvalue weighted by Gasteiger charge is 2.23. The standard InChI is InChI=1S/C26H24N6OS/c1-14(33)23-3-4-24(34-23)17-7-10-28-26-18(17)11-21(32-26)25-19-12-20(16-5-8-27-9-6-16)29-13-22(19)30-15(2)31-25/h3-5,7,10-13,15,27,30H,6,8-9H2,1-2H3,(H,28,32)/t15-/m1/s1. The molecule has 0 saturated carbocycles. The number of carbonyl (C=O) groups is 1. The van der Waals surface area contributed by atoms with Crippen LogP contribution in [-0.4, -0.2) is 45.7 Å². The van der Waals surface area contributed by atoms with E-state index in [2.05, 4.69) is 38.8 Å². The van der Waals surface area contributed by atoms with E-state index in [9.17, 15) is 4.79 Å². The summed E-state index contributed by atoms with van der Waals surface area (Å²) < 4.78 is 0. The molecule has 0 bridgehead atoms. The van der Waals surface area contributed by atoms with Crippen LogP contribution >= 0.6 is 11.3 Å². The first kappa shape index (κ1) is 20.9. The second-order valence-electron chi connectivity index (χ2n) is 8.62. The van der Waals surface area contributed by atoms with Crippen molar-refractivity contribution < 1.29 is 4.79 Å². The van der Waals surface area contributed by atoms with Crippen LogP contribution in [0.1, 0.15) is 46.9 Å². The molecule has 2 aliphatic heterocycles. The van der Waals surface area contributed by atoms with Crippen LogP contribution in [0.3, 0.4) is 0 Å². The van der Waals surface area contributed by atoms with E-state index in [-0.39, 0.29) is 11.9 Å². The Morgan fingerprint density at radius 2 is 2.06 bits per heavy atom. The zero-order valence-corrected chi connectivity index (χ0v) is 19.8. The molecule has 0 aliphatic carbocycles. The Balaban J connectivity index is 1.46. The highest BCUT2D eigenvalue weighted by molar-refractivity contribution is 7.17. The van der Waals surface area contributed by atoms with Crippen LogP contribution in [0.15, 0.2) is 53.8 Å². The van der Waals surface area contributed by atoms with Crippen molar-refractivity contribution in [2.24, 2.45) is 4.99 Å². The maximum atomic E-state index is 11.8. The van der Waals surface area contributed by atoms with Gasteiger partial charge in [0.15, 0.2) is 5.78 Å². The summed E-state index contributed by atoms with van der Waals surface area (Å²) in [4.78, 5) is 31.4. The van der Waals surface area contributed by atoms with E-state index in [4.69, 9.17) is 9.98 Å². The molecule has 4 aromatic rings. The molecule has 6 heterocycles. The number of Topliss-reactive ketones (excluding diaryl/α,β-unsaturated/α-hetero) is 1. The van der Waals surface area contributed by atoms with E-state index < -0.39 is 0 Å². The minimum Gasteiger partial charge on any atom is -0.362 e. The molecule has 0 spiro atoms. The van der Waals surface area contributed by atoms with Gasteiger partial charge in [0.25, 0.3) is 0 Å². The van der Waals surface area contributed by atoms with Gasteiger partial charge in [0.1, 0.15) is 11.8 Å². The molecule has 7 nitrogen and oxygen atoms in total. The van der Waals surface area contributed by atoms with E-state index >= 15 is 0 Å². The molecule has 0 saturated heterocycles. The van der Waals surface area contributed by atoms with Gasteiger partial charge in [0, 0.05) is 34.1 Å². The molecule has 0 unspecified atom stereocenters. The predicted octanol–water partition coefficient (Wildman–Crippen LogP) is 4.87. The number of nitrogens with one attached hydrogen (secondary N) is 3. The van der Waals surface area contributed by atoms with Crippen LogP contribution in [0, 0.1) is 0 Å². The second kappa shape index (κ2) is 8.30. The molecular weight excluding hydrogens is 444 g/mol. The number of H-pyrrole nitrogens is 1. The second-order valence-corrected chi connectivity index (χ2v) is 9.70. The minimum absolute atomic E-state index is 0.0671. The molecular formula is C26H24N6OS. The minimum atomic E-state index is -0.0671. The van der Waals surface area contributed by atoms with Gasteiger partial charge in [-0.15, -0.1) is 11.3 Å². The quantitative estimate of drug-likeness (QED) is 0.371. The first-order valence-electron chi connectivity index (χ1n) is 11.4. The normalized spacial score (nSPS) is 17.6. The molecule has 0 fully saturated rings. The van der Waals surface area contributed by atoms with Crippen LogP contribution in [-0.2, 0) is 0 Å². The maximum absolute atomic E-state index is 11.8. The SMILES string of the molecule is CC(=O)c1ccc(-c2ccnc3[nH]c(C4=N[C@H](C)Nc5cnc(C6=CCNCC6)cc54)cc23)s1. The van der Waals surface area contributed by atoms with Crippen LogP contribution in [0.5, 0.6) is 0 Å². The van der Waals surface area contributed by atoms with Crippen molar-refractivity contribution in [3.05, 3.63) is 70.6 Å². The smallest absolute Gasteiger partial charge is 0.169 e. The summed E-state index contributed by atoms with van der Waals surface area (Å²) in [5.74, 6) is 0.0826. The number of pyridine rings is 2. The zero-order valence-electron chi connectivity index (χ0n) is 19.0. The van der Waals surface area contributed by atoms with Gasteiger partial charge in [0.05, 0.1) is 33.9 Å². The van der Waals surface area contributed by atoms with Crippen molar-refractivity contribution in [2.75, 3.05) is 18.4 Å². The Labute approximate surface area is 201 Å². The number of anilines is 1. The fourth-order valence-electron chi connectivity index (χ4n) is 4.57. The average molecular weight is 469 g/mol. The highest BCUT2D eigenvalue weighted by Crippen LogP contribution is 2.35. The zero-order chi connectivity index (χ0) is 23.2. The Morgan fingerprint density at radius 1 is 1.15 bits per heavy atom. The molecule has 170 valence electrons. The number of aromatic amines is 1. The number of ketones is 1. The van der Waals surface area contributed by atoms with Crippen LogP contribution in [0.2, 0.25) is 0 Å². The molecule has 0 radical (unpaired) electrons. The molecule has 2 aliphatic rings. The Bertz CT molecular complexity index is 1490. The fourth-order valence-corrected chi connectivity index (χ4v) is 5.51. The van der Waals surface area contributed by atoms with E-state index in [0.29, 0.717) is 0 Å². The molecule has 6 rings (SSSR count). The largest absolute Gasteiger partial charge is 0.362 e. The van der Waals surface area contributed by atoms with Crippen LogP contribution in [0.25, 0.3) is 27.0 Å².